The lowest BCUT2D eigenvalue weighted by atomic mass is 10.1. The molecule has 0 heterocycles. The Hall–Kier alpha value is -2.83. The molecular formula is C16H20N2O5. The Kier molecular flexibility index (Phi) is 7.32. The molecule has 0 aliphatic carbocycles. The zero-order valence-electron chi connectivity index (χ0n) is 12.9. The minimum absolute atomic E-state index is 0.221. The number of nitrogens with two attached hydrogens (primary N) is 1. The van der Waals surface area contributed by atoms with Gasteiger partial charge in [0.1, 0.15) is 11.8 Å². The van der Waals surface area contributed by atoms with Crippen LogP contribution >= 0.6 is 0 Å². The topological polar surface area (TPSA) is 108 Å². The highest BCUT2D eigenvalue weighted by atomic mass is 16.5. The molecule has 7 heteroatoms. The molecule has 1 aromatic carbocycles. The van der Waals surface area contributed by atoms with Crippen molar-refractivity contribution in [2.45, 2.75) is 19.4 Å². The molecule has 0 fully saturated rings. The van der Waals surface area contributed by atoms with Gasteiger partial charge in [0.15, 0.2) is 6.61 Å². The molecule has 1 aromatic rings. The third kappa shape index (κ3) is 6.21. The van der Waals surface area contributed by atoms with Crippen LogP contribution in [0.15, 0.2) is 36.9 Å². The van der Waals surface area contributed by atoms with Crippen LogP contribution in [0.5, 0.6) is 5.75 Å². The molecule has 3 N–H and O–H groups in total. The molecule has 0 bridgehead atoms. The lowest BCUT2D eigenvalue weighted by Crippen LogP contribution is -2.41. The van der Waals surface area contributed by atoms with E-state index in [-0.39, 0.29) is 25.2 Å². The molecular weight excluding hydrogens is 300 g/mol. The van der Waals surface area contributed by atoms with Crippen LogP contribution in [-0.4, -0.2) is 37.0 Å². The Bertz CT molecular complexity index is 586. The second kappa shape index (κ2) is 9.24. The third-order valence-corrected chi connectivity index (χ3v) is 2.76. The maximum absolute atomic E-state index is 12.2. The second-order valence-corrected chi connectivity index (χ2v) is 4.59. The molecule has 124 valence electrons. The molecule has 0 unspecified atom stereocenters. The number of rotatable bonds is 9. The van der Waals surface area contributed by atoms with Gasteiger partial charge in [0.25, 0.3) is 11.8 Å². The predicted molar refractivity (Wildman–Crippen MR) is 83.8 cm³/mol. The Balaban J connectivity index is 2.78. The van der Waals surface area contributed by atoms with Gasteiger partial charge in [0, 0.05) is 5.56 Å². The number of nitrogens with one attached hydrogen (secondary N) is 1. The maximum atomic E-state index is 12.2. The van der Waals surface area contributed by atoms with Gasteiger partial charge in [-0.3, -0.25) is 9.59 Å². The third-order valence-electron chi connectivity index (χ3n) is 2.76. The van der Waals surface area contributed by atoms with E-state index in [0.29, 0.717) is 5.75 Å². The van der Waals surface area contributed by atoms with Gasteiger partial charge in [-0.1, -0.05) is 12.1 Å². The van der Waals surface area contributed by atoms with Crippen molar-refractivity contribution < 1.29 is 23.9 Å². The van der Waals surface area contributed by atoms with E-state index in [4.69, 9.17) is 15.2 Å². The average molecular weight is 320 g/mol. The molecule has 0 aromatic heterocycles. The quantitative estimate of drug-likeness (QED) is 0.516. The summed E-state index contributed by atoms with van der Waals surface area (Å²) >= 11 is 0. The molecule has 0 saturated heterocycles. The van der Waals surface area contributed by atoms with Gasteiger partial charge in [-0.05, 0) is 31.5 Å². The van der Waals surface area contributed by atoms with Crippen molar-refractivity contribution in [3.05, 3.63) is 42.5 Å². The summed E-state index contributed by atoms with van der Waals surface area (Å²) in [5.74, 6) is -1.28. The predicted octanol–water partition coefficient (Wildman–Crippen LogP) is 0.788. The fourth-order valence-corrected chi connectivity index (χ4v) is 1.75. The first-order valence-corrected chi connectivity index (χ1v) is 7.07. The highest BCUT2D eigenvalue weighted by molar-refractivity contribution is 5.97. The van der Waals surface area contributed by atoms with Gasteiger partial charge in [-0.25, -0.2) is 4.79 Å². The lowest BCUT2D eigenvalue weighted by Gasteiger charge is -2.16. The van der Waals surface area contributed by atoms with Crippen LogP contribution in [0, 0.1) is 0 Å². The number of primary amides is 1. The Morgan fingerprint density at radius 3 is 2.74 bits per heavy atom. The maximum Gasteiger partial charge on any atom is 0.328 e. The molecule has 7 nitrogen and oxygen atoms in total. The van der Waals surface area contributed by atoms with E-state index in [1.807, 2.05) is 0 Å². The van der Waals surface area contributed by atoms with Crippen molar-refractivity contribution in [3.8, 4) is 5.75 Å². The summed E-state index contributed by atoms with van der Waals surface area (Å²) in [6.07, 6.45) is 1.77. The van der Waals surface area contributed by atoms with Crippen LogP contribution in [-0.2, 0) is 14.3 Å². The van der Waals surface area contributed by atoms with Crippen molar-refractivity contribution in [3.63, 3.8) is 0 Å². The average Bonchev–Trinajstić information content (AvgIpc) is 2.53. The molecule has 1 atom stereocenters. The first-order chi connectivity index (χ1) is 11.0. The number of hydrogen-bond donors (Lipinski definition) is 2. The molecule has 23 heavy (non-hydrogen) atoms. The standard InChI is InChI=1S/C16H20N2O5/c1-3-6-13(16(21)22-4-2)18-15(20)11-7-5-8-12(9-11)23-10-14(17)19/h3,5,7-9,13H,1,4,6,10H2,2H3,(H2,17,19)(H,18,20)/t13-/m0/s1. The summed E-state index contributed by atoms with van der Waals surface area (Å²) in [6.45, 7) is 5.18. The molecule has 0 aliphatic heterocycles. The number of amides is 2. The Labute approximate surface area is 134 Å². The van der Waals surface area contributed by atoms with Crippen LogP contribution in [0.4, 0.5) is 0 Å². The first kappa shape index (κ1) is 18.2. The van der Waals surface area contributed by atoms with Gasteiger partial charge in [-0.15, -0.1) is 6.58 Å². The minimum Gasteiger partial charge on any atom is -0.484 e. The van der Waals surface area contributed by atoms with Crippen molar-refractivity contribution >= 4 is 17.8 Å². The number of carbonyl (C=O) groups is 3. The largest absolute Gasteiger partial charge is 0.484 e. The highest BCUT2D eigenvalue weighted by Gasteiger charge is 2.21. The molecule has 0 spiro atoms. The first-order valence-electron chi connectivity index (χ1n) is 7.07. The summed E-state index contributed by atoms with van der Waals surface area (Å²) in [5, 5.41) is 2.58. The molecule has 2 amide bonds. The van der Waals surface area contributed by atoms with Gasteiger partial charge < -0.3 is 20.5 Å². The van der Waals surface area contributed by atoms with Gasteiger partial charge in [0.05, 0.1) is 6.61 Å². The van der Waals surface area contributed by atoms with E-state index in [2.05, 4.69) is 11.9 Å². The molecule has 0 aliphatic rings. The number of benzene rings is 1. The van der Waals surface area contributed by atoms with Gasteiger partial charge >= 0.3 is 5.97 Å². The van der Waals surface area contributed by atoms with Crippen LogP contribution in [0.1, 0.15) is 23.7 Å². The normalized spacial score (nSPS) is 11.2. The van der Waals surface area contributed by atoms with Crippen molar-refractivity contribution in [2.75, 3.05) is 13.2 Å². The van der Waals surface area contributed by atoms with Gasteiger partial charge in [0.2, 0.25) is 0 Å². The van der Waals surface area contributed by atoms with E-state index in [9.17, 15) is 14.4 Å². The summed E-state index contributed by atoms with van der Waals surface area (Å²) in [7, 11) is 0. The number of hydrogen-bond acceptors (Lipinski definition) is 5. The highest BCUT2D eigenvalue weighted by Crippen LogP contribution is 2.13. The van der Waals surface area contributed by atoms with Crippen LogP contribution in [0.2, 0.25) is 0 Å². The minimum atomic E-state index is -0.810. The molecule has 0 radical (unpaired) electrons. The lowest BCUT2D eigenvalue weighted by molar-refractivity contribution is -0.145. The summed E-state index contributed by atoms with van der Waals surface area (Å²) in [6, 6.07) is 5.39. The van der Waals surface area contributed by atoms with E-state index in [0.717, 1.165) is 0 Å². The van der Waals surface area contributed by atoms with Crippen LogP contribution < -0.4 is 15.8 Å². The fourth-order valence-electron chi connectivity index (χ4n) is 1.75. The van der Waals surface area contributed by atoms with Crippen LogP contribution in [0.25, 0.3) is 0 Å². The van der Waals surface area contributed by atoms with Crippen molar-refractivity contribution in [2.24, 2.45) is 5.73 Å². The smallest absolute Gasteiger partial charge is 0.328 e. The van der Waals surface area contributed by atoms with Crippen molar-refractivity contribution in [1.29, 1.82) is 0 Å². The van der Waals surface area contributed by atoms with E-state index >= 15 is 0 Å². The molecule has 0 saturated carbocycles. The monoisotopic (exact) mass is 320 g/mol. The zero-order chi connectivity index (χ0) is 17.2. The van der Waals surface area contributed by atoms with E-state index < -0.39 is 23.8 Å². The SMILES string of the molecule is C=CC[C@H](NC(=O)c1cccc(OCC(N)=O)c1)C(=O)OCC. The van der Waals surface area contributed by atoms with E-state index in [1.54, 1.807) is 25.1 Å². The number of ether oxygens (including phenoxy) is 2. The summed E-state index contributed by atoms with van der Waals surface area (Å²) in [4.78, 5) is 34.7. The Morgan fingerprint density at radius 1 is 1.39 bits per heavy atom. The van der Waals surface area contributed by atoms with Crippen molar-refractivity contribution in [1.82, 2.24) is 5.32 Å². The van der Waals surface area contributed by atoms with E-state index in [1.165, 1.54) is 12.1 Å². The number of carbonyl (C=O) groups excluding carboxylic acids is 3. The number of esters is 1. The summed E-state index contributed by atoms with van der Waals surface area (Å²) < 4.78 is 10.0. The summed E-state index contributed by atoms with van der Waals surface area (Å²) in [5.41, 5.74) is 5.28. The van der Waals surface area contributed by atoms with Gasteiger partial charge in [-0.2, -0.15) is 0 Å². The Morgan fingerprint density at radius 2 is 2.13 bits per heavy atom. The van der Waals surface area contributed by atoms with Crippen LogP contribution in [0.3, 0.4) is 0 Å². The molecule has 1 rings (SSSR count). The fraction of sp³-hybridized carbons (Fsp3) is 0.312. The second-order valence-electron chi connectivity index (χ2n) is 4.59. The zero-order valence-corrected chi connectivity index (χ0v) is 12.9.